The zero-order chi connectivity index (χ0) is 27.7. The SMILES string of the molecule is CCN(CC)CCC[C@H](C)NC(=O)c1cc(Cl)ccc1NS(=O)(=O)c1ccc(Oc2ccccc2Cl)cc1. The molecule has 1 amide bonds. The average molecular weight is 579 g/mol. The molecule has 7 nitrogen and oxygen atoms in total. The Morgan fingerprint density at radius 2 is 1.68 bits per heavy atom. The summed E-state index contributed by atoms with van der Waals surface area (Å²) in [6.07, 6.45) is 1.74. The van der Waals surface area contributed by atoms with Crippen molar-refractivity contribution in [1.82, 2.24) is 10.2 Å². The van der Waals surface area contributed by atoms with Gasteiger partial charge < -0.3 is 15.0 Å². The van der Waals surface area contributed by atoms with Gasteiger partial charge in [-0.1, -0.05) is 49.2 Å². The minimum atomic E-state index is -4.00. The number of para-hydroxylation sites is 1. The van der Waals surface area contributed by atoms with Gasteiger partial charge in [0.05, 0.1) is 21.2 Å². The summed E-state index contributed by atoms with van der Waals surface area (Å²) in [7, 11) is -4.00. The van der Waals surface area contributed by atoms with Crippen molar-refractivity contribution in [2.75, 3.05) is 24.4 Å². The number of halogens is 2. The molecule has 0 radical (unpaired) electrons. The summed E-state index contributed by atoms with van der Waals surface area (Å²) in [6.45, 7) is 9.11. The molecule has 2 N–H and O–H groups in total. The minimum absolute atomic E-state index is 0.00934. The van der Waals surface area contributed by atoms with Gasteiger partial charge in [0.2, 0.25) is 0 Å². The second-order valence-electron chi connectivity index (χ2n) is 8.84. The lowest BCUT2D eigenvalue weighted by Gasteiger charge is -2.20. The van der Waals surface area contributed by atoms with Crippen LogP contribution in [0.3, 0.4) is 0 Å². The predicted octanol–water partition coefficient (Wildman–Crippen LogP) is 6.83. The maximum atomic E-state index is 13.1. The van der Waals surface area contributed by atoms with Crippen LogP contribution in [0.2, 0.25) is 10.0 Å². The van der Waals surface area contributed by atoms with Crippen LogP contribution >= 0.6 is 23.2 Å². The van der Waals surface area contributed by atoms with Gasteiger partial charge in [-0.25, -0.2) is 8.42 Å². The third-order valence-electron chi connectivity index (χ3n) is 6.05. The van der Waals surface area contributed by atoms with Crippen molar-refractivity contribution in [2.24, 2.45) is 0 Å². The highest BCUT2D eigenvalue weighted by molar-refractivity contribution is 7.92. The highest BCUT2D eigenvalue weighted by Gasteiger charge is 2.20. The fourth-order valence-electron chi connectivity index (χ4n) is 3.87. The Bertz CT molecular complexity index is 1330. The van der Waals surface area contributed by atoms with Crippen molar-refractivity contribution in [1.29, 1.82) is 0 Å². The predicted molar refractivity (Wildman–Crippen MR) is 154 cm³/mol. The fraction of sp³-hybridized carbons (Fsp3) is 0.321. The number of hydrogen-bond donors (Lipinski definition) is 2. The Hall–Kier alpha value is -2.78. The van der Waals surface area contributed by atoms with E-state index < -0.39 is 15.9 Å². The molecule has 0 aliphatic rings. The zero-order valence-corrected chi connectivity index (χ0v) is 24.0. The van der Waals surface area contributed by atoms with E-state index in [1.165, 1.54) is 42.5 Å². The zero-order valence-electron chi connectivity index (χ0n) is 21.7. The number of benzene rings is 3. The molecule has 0 aliphatic heterocycles. The normalized spacial score (nSPS) is 12.3. The van der Waals surface area contributed by atoms with Crippen LogP contribution in [0.15, 0.2) is 71.6 Å². The first-order valence-electron chi connectivity index (χ1n) is 12.5. The maximum absolute atomic E-state index is 13.1. The fourth-order valence-corrected chi connectivity index (χ4v) is 5.30. The number of sulfonamides is 1. The number of nitrogens with zero attached hydrogens (tertiary/aromatic N) is 1. The van der Waals surface area contributed by atoms with Crippen LogP contribution in [0.1, 0.15) is 44.0 Å². The second-order valence-corrected chi connectivity index (χ2v) is 11.4. The topological polar surface area (TPSA) is 87.7 Å². The van der Waals surface area contributed by atoms with E-state index in [1.807, 2.05) is 6.92 Å². The van der Waals surface area contributed by atoms with Crippen molar-refractivity contribution >= 4 is 44.8 Å². The number of ether oxygens (including phenoxy) is 1. The summed E-state index contributed by atoms with van der Waals surface area (Å²) in [5.41, 5.74) is 0.286. The van der Waals surface area contributed by atoms with Gasteiger partial charge in [-0.2, -0.15) is 0 Å². The number of carbonyl (C=O) groups excluding carboxylic acids is 1. The number of carbonyl (C=O) groups is 1. The van der Waals surface area contributed by atoms with Gasteiger partial charge in [0.25, 0.3) is 15.9 Å². The van der Waals surface area contributed by atoms with Crippen molar-refractivity contribution in [3.63, 3.8) is 0 Å². The van der Waals surface area contributed by atoms with Gasteiger partial charge in [-0.05, 0) is 94.0 Å². The Labute approximate surface area is 235 Å². The average Bonchev–Trinajstić information content (AvgIpc) is 2.89. The summed E-state index contributed by atoms with van der Waals surface area (Å²) in [6, 6.07) is 17.3. The van der Waals surface area contributed by atoms with E-state index >= 15 is 0 Å². The number of amides is 1. The molecule has 3 rings (SSSR count). The molecule has 0 saturated carbocycles. The molecule has 0 bridgehead atoms. The standard InChI is InChI=1S/C28H33Cl2N3O4S/c1-4-33(5-2)18-8-9-20(3)31-28(34)24-19-21(29)12-17-26(24)32-38(35,36)23-15-13-22(14-16-23)37-27-11-7-6-10-25(27)30/h6-7,10-17,19-20,32H,4-5,8-9,18H2,1-3H3,(H,31,34)/t20-/m0/s1. The van der Waals surface area contributed by atoms with Crippen LogP contribution in [0, 0.1) is 0 Å². The molecule has 3 aromatic carbocycles. The molecule has 0 spiro atoms. The van der Waals surface area contributed by atoms with E-state index in [4.69, 9.17) is 27.9 Å². The van der Waals surface area contributed by atoms with Crippen LogP contribution < -0.4 is 14.8 Å². The third kappa shape index (κ3) is 8.36. The number of nitrogens with one attached hydrogen (secondary N) is 2. The Morgan fingerprint density at radius 1 is 1.00 bits per heavy atom. The van der Waals surface area contributed by atoms with Crippen LogP contribution in [0.25, 0.3) is 0 Å². The Morgan fingerprint density at radius 3 is 2.34 bits per heavy atom. The van der Waals surface area contributed by atoms with Crippen LogP contribution in [0.5, 0.6) is 11.5 Å². The van der Waals surface area contributed by atoms with Crippen LogP contribution in [-0.2, 0) is 10.0 Å². The van der Waals surface area contributed by atoms with Gasteiger partial charge >= 0.3 is 0 Å². The first-order valence-corrected chi connectivity index (χ1v) is 14.7. The van der Waals surface area contributed by atoms with Crippen molar-refractivity contribution in [3.05, 3.63) is 82.3 Å². The van der Waals surface area contributed by atoms with Gasteiger partial charge in [0, 0.05) is 11.1 Å². The van der Waals surface area contributed by atoms with Crippen molar-refractivity contribution in [2.45, 2.75) is 44.6 Å². The summed E-state index contributed by atoms with van der Waals surface area (Å²) >= 11 is 12.3. The lowest BCUT2D eigenvalue weighted by atomic mass is 10.1. The monoisotopic (exact) mass is 577 g/mol. The van der Waals surface area contributed by atoms with E-state index in [9.17, 15) is 13.2 Å². The molecule has 0 saturated heterocycles. The molecular formula is C28H33Cl2N3O4S. The van der Waals surface area contributed by atoms with Crippen LogP contribution in [-0.4, -0.2) is 44.9 Å². The lowest BCUT2D eigenvalue weighted by molar-refractivity contribution is 0.0938. The van der Waals surface area contributed by atoms with Gasteiger partial charge in [-0.3, -0.25) is 9.52 Å². The van der Waals surface area contributed by atoms with Gasteiger partial charge in [0.15, 0.2) is 0 Å². The molecule has 10 heteroatoms. The highest BCUT2D eigenvalue weighted by Crippen LogP contribution is 2.30. The first-order chi connectivity index (χ1) is 18.1. The molecule has 0 unspecified atom stereocenters. The molecule has 0 heterocycles. The van der Waals surface area contributed by atoms with Crippen molar-refractivity contribution in [3.8, 4) is 11.5 Å². The number of hydrogen-bond acceptors (Lipinski definition) is 5. The first kappa shape index (κ1) is 29.8. The quantitative estimate of drug-likeness (QED) is 0.232. The highest BCUT2D eigenvalue weighted by atomic mass is 35.5. The van der Waals surface area contributed by atoms with Gasteiger partial charge in [0.1, 0.15) is 11.5 Å². The number of rotatable bonds is 13. The smallest absolute Gasteiger partial charge is 0.261 e. The second kappa shape index (κ2) is 13.8. The van der Waals surface area contributed by atoms with E-state index in [0.29, 0.717) is 21.5 Å². The third-order valence-corrected chi connectivity index (χ3v) is 7.98. The molecule has 0 fully saturated rings. The van der Waals surface area contributed by atoms with Crippen LogP contribution in [0.4, 0.5) is 5.69 Å². The van der Waals surface area contributed by atoms with E-state index in [1.54, 1.807) is 24.3 Å². The van der Waals surface area contributed by atoms with E-state index in [0.717, 1.165) is 32.5 Å². The summed E-state index contributed by atoms with van der Waals surface area (Å²) in [5, 5.41) is 3.73. The summed E-state index contributed by atoms with van der Waals surface area (Å²) < 4.78 is 34.5. The molecule has 38 heavy (non-hydrogen) atoms. The Kier molecular flexibility index (Phi) is 10.8. The summed E-state index contributed by atoms with van der Waals surface area (Å²) in [4.78, 5) is 15.4. The van der Waals surface area contributed by atoms with E-state index in [2.05, 4.69) is 28.8 Å². The maximum Gasteiger partial charge on any atom is 0.261 e. The molecule has 3 aromatic rings. The largest absolute Gasteiger partial charge is 0.456 e. The molecule has 1 atom stereocenters. The van der Waals surface area contributed by atoms with Crippen molar-refractivity contribution < 1.29 is 17.9 Å². The lowest BCUT2D eigenvalue weighted by Crippen LogP contribution is -2.34. The summed E-state index contributed by atoms with van der Waals surface area (Å²) in [5.74, 6) is 0.490. The molecule has 204 valence electrons. The van der Waals surface area contributed by atoms with Gasteiger partial charge in [-0.15, -0.1) is 0 Å². The molecular weight excluding hydrogens is 545 g/mol. The van der Waals surface area contributed by atoms with E-state index in [-0.39, 0.29) is 22.2 Å². The Balaban J connectivity index is 1.70. The number of anilines is 1. The molecule has 0 aromatic heterocycles. The molecule has 0 aliphatic carbocycles. The minimum Gasteiger partial charge on any atom is -0.456 e.